The molecule has 0 saturated heterocycles. The second kappa shape index (κ2) is 4.44. The predicted octanol–water partition coefficient (Wildman–Crippen LogP) is 3.30. The fourth-order valence-electron chi connectivity index (χ4n) is 2.00. The van der Waals surface area contributed by atoms with Gasteiger partial charge in [0.1, 0.15) is 6.10 Å². The van der Waals surface area contributed by atoms with Crippen molar-refractivity contribution in [3.05, 3.63) is 65.1 Å². The monoisotopic (exact) mass is 258 g/mol. The number of rotatable bonds is 2. The quantitative estimate of drug-likeness (QED) is 0.693. The van der Waals surface area contributed by atoms with Crippen molar-refractivity contribution in [1.82, 2.24) is 9.97 Å². The molecule has 1 atom stereocenters. The molecule has 0 aliphatic rings. The molecule has 2 aromatic heterocycles. The van der Waals surface area contributed by atoms with Gasteiger partial charge in [0.25, 0.3) is 0 Å². The Morgan fingerprint density at radius 2 is 1.94 bits per heavy atom. The van der Waals surface area contributed by atoms with Crippen molar-refractivity contribution in [2.45, 2.75) is 6.10 Å². The maximum Gasteiger partial charge on any atom is 0.153 e. The second-order valence-electron chi connectivity index (χ2n) is 4.10. The van der Waals surface area contributed by atoms with E-state index in [9.17, 15) is 5.11 Å². The molecule has 0 aliphatic carbocycles. The highest BCUT2D eigenvalue weighted by molar-refractivity contribution is 6.33. The molecule has 0 radical (unpaired) electrons. The molecule has 0 unspecified atom stereocenters. The number of nitrogens with zero attached hydrogens (tertiary/aromatic N) is 1. The molecule has 0 spiro atoms. The SMILES string of the molecule is O[C@@H](c1ccccc1)c1cc2ccnc(Cl)c2[nH]1. The molecular formula is C14H11ClN2O. The molecule has 90 valence electrons. The minimum Gasteiger partial charge on any atom is -0.382 e. The van der Waals surface area contributed by atoms with Gasteiger partial charge >= 0.3 is 0 Å². The van der Waals surface area contributed by atoms with E-state index >= 15 is 0 Å². The van der Waals surface area contributed by atoms with E-state index in [0.29, 0.717) is 10.8 Å². The summed E-state index contributed by atoms with van der Waals surface area (Å²) in [5.74, 6) is 0. The van der Waals surface area contributed by atoms with Crippen molar-refractivity contribution in [2.75, 3.05) is 0 Å². The molecule has 3 aromatic rings. The number of aliphatic hydroxyl groups excluding tert-OH is 1. The Morgan fingerprint density at radius 3 is 2.67 bits per heavy atom. The van der Waals surface area contributed by atoms with Crippen LogP contribution in [-0.4, -0.2) is 15.1 Å². The fraction of sp³-hybridized carbons (Fsp3) is 0.0714. The molecule has 4 heteroatoms. The lowest BCUT2D eigenvalue weighted by atomic mass is 10.1. The van der Waals surface area contributed by atoms with Crippen molar-refractivity contribution >= 4 is 22.5 Å². The zero-order valence-electron chi connectivity index (χ0n) is 9.47. The Kier molecular flexibility index (Phi) is 2.78. The smallest absolute Gasteiger partial charge is 0.153 e. The molecule has 0 saturated carbocycles. The molecule has 2 N–H and O–H groups in total. The van der Waals surface area contributed by atoms with Gasteiger partial charge in [-0.2, -0.15) is 0 Å². The maximum absolute atomic E-state index is 10.3. The molecular weight excluding hydrogens is 248 g/mol. The van der Waals surface area contributed by atoms with Crippen molar-refractivity contribution in [2.24, 2.45) is 0 Å². The van der Waals surface area contributed by atoms with Crippen LogP contribution in [0.4, 0.5) is 0 Å². The highest BCUT2D eigenvalue weighted by Crippen LogP contribution is 2.27. The van der Waals surface area contributed by atoms with Gasteiger partial charge in [0.15, 0.2) is 5.15 Å². The van der Waals surface area contributed by atoms with Crippen LogP contribution in [0.2, 0.25) is 5.15 Å². The summed E-state index contributed by atoms with van der Waals surface area (Å²) in [5.41, 5.74) is 2.31. The summed E-state index contributed by atoms with van der Waals surface area (Å²) in [6.07, 6.45) is 0.964. The third-order valence-electron chi connectivity index (χ3n) is 2.93. The van der Waals surface area contributed by atoms with Crippen LogP contribution in [-0.2, 0) is 0 Å². The number of pyridine rings is 1. The minimum atomic E-state index is -0.685. The molecule has 3 rings (SSSR count). The third-order valence-corrected chi connectivity index (χ3v) is 3.21. The van der Waals surface area contributed by atoms with Gasteiger partial charge in [0, 0.05) is 17.3 Å². The number of hydrogen-bond acceptors (Lipinski definition) is 2. The Bertz CT molecular complexity index is 679. The lowest BCUT2D eigenvalue weighted by Crippen LogP contribution is -1.99. The first kappa shape index (κ1) is 11.3. The number of nitrogens with one attached hydrogen (secondary N) is 1. The zero-order valence-corrected chi connectivity index (χ0v) is 10.2. The van der Waals surface area contributed by atoms with Crippen LogP contribution in [0.5, 0.6) is 0 Å². The van der Waals surface area contributed by atoms with Crippen LogP contribution >= 0.6 is 11.6 Å². The van der Waals surface area contributed by atoms with Crippen molar-refractivity contribution < 1.29 is 5.11 Å². The number of fused-ring (bicyclic) bond motifs is 1. The van der Waals surface area contributed by atoms with Gasteiger partial charge in [0.05, 0.1) is 5.52 Å². The second-order valence-corrected chi connectivity index (χ2v) is 4.46. The standard InChI is InChI=1S/C14H11ClN2O/c15-14-12-10(6-7-16-14)8-11(17-12)13(18)9-4-2-1-3-5-9/h1-8,13,17-18H/t13-/m0/s1. The first-order valence-corrected chi connectivity index (χ1v) is 5.99. The molecule has 0 aliphatic heterocycles. The maximum atomic E-state index is 10.3. The Morgan fingerprint density at radius 1 is 1.17 bits per heavy atom. The average Bonchev–Trinajstić information content (AvgIpc) is 2.84. The third kappa shape index (κ3) is 1.88. The van der Waals surface area contributed by atoms with E-state index in [-0.39, 0.29) is 0 Å². The number of aromatic amines is 1. The summed E-state index contributed by atoms with van der Waals surface area (Å²) >= 11 is 6.00. The van der Waals surface area contributed by atoms with E-state index in [1.165, 1.54) is 0 Å². The number of halogens is 1. The number of H-pyrrole nitrogens is 1. The van der Waals surface area contributed by atoms with Gasteiger partial charge in [-0.05, 0) is 17.7 Å². The van der Waals surface area contributed by atoms with Crippen LogP contribution in [0.25, 0.3) is 10.9 Å². The summed E-state index contributed by atoms with van der Waals surface area (Å²) < 4.78 is 0. The summed E-state index contributed by atoms with van der Waals surface area (Å²) in [4.78, 5) is 7.12. The first-order chi connectivity index (χ1) is 8.75. The number of hydrogen-bond donors (Lipinski definition) is 2. The van der Waals surface area contributed by atoms with Crippen molar-refractivity contribution in [3.63, 3.8) is 0 Å². The highest BCUT2D eigenvalue weighted by Gasteiger charge is 2.13. The van der Waals surface area contributed by atoms with E-state index in [1.54, 1.807) is 6.20 Å². The van der Waals surface area contributed by atoms with Crippen molar-refractivity contribution in [1.29, 1.82) is 0 Å². The van der Waals surface area contributed by atoms with E-state index < -0.39 is 6.10 Å². The molecule has 3 nitrogen and oxygen atoms in total. The topological polar surface area (TPSA) is 48.9 Å². The minimum absolute atomic E-state index is 0.416. The van der Waals surface area contributed by atoms with Gasteiger partial charge in [0.2, 0.25) is 0 Å². The number of aliphatic hydroxyl groups is 1. The normalized spacial score (nSPS) is 12.8. The summed E-state index contributed by atoms with van der Waals surface area (Å²) in [5, 5.41) is 11.6. The molecule has 0 bridgehead atoms. The highest BCUT2D eigenvalue weighted by atomic mass is 35.5. The van der Waals surface area contributed by atoms with Gasteiger partial charge in [-0.1, -0.05) is 41.9 Å². The van der Waals surface area contributed by atoms with E-state index in [4.69, 9.17) is 11.6 Å². The molecule has 0 amide bonds. The largest absolute Gasteiger partial charge is 0.382 e. The van der Waals surface area contributed by atoms with Crippen LogP contribution in [0, 0.1) is 0 Å². The first-order valence-electron chi connectivity index (χ1n) is 5.62. The summed E-state index contributed by atoms with van der Waals surface area (Å²) in [7, 11) is 0. The van der Waals surface area contributed by atoms with E-state index in [0.717, 1.165) is 16.5 Å². The van der Waals surface area contributed by atoms with Crippen molar-refractivity contribution in [3.8, 4) is 0 Å². The number of benzene rings is 1. The molecule has 0 fully saturated rings. The Balaban J connectivity index is 2.07. The molecule has 2 heterocycles. The van der Waals surface area contributed by atoms with E-state index in [2.05, 4.69) is 9.97 Å². The zero-order chi connectivity index (χ0) is 12.5. The van der Waals surface area contributed by atoms with Gasteiger partial charge in [-0.15, -0.1) is 0 Å². The Labute approximate surface area is 109 Å². The Hall–Kier alpha value is -1.84. The van der Waals surface area contributed by atoms with Gasteiger partial charge in [-0.25, -0.2) is 4.98 Å². The fourth-order valence-corrected chi connectivity index (χ4v) is 2.22. The summed E-state index contributed by atoms with van der Waals surface area (Å²) in [6.45, 7) is 0. The van der Waals surface area contributed by atoms with Crippen LogP contribution in [0.15, 0.2) is 48.7 Å². The number of aromatic nitrogens is 2. The van der Waals surface area contributed by atoms with Crippen LogP contribution in [0.3, 0.4) is 0 Å². The molecule has 18 heavy (non-hydrogen) atoms. The van der Waals surface area contributed by atoms with Crippen LogP contribution in [0.1, 0.15) is 17.4 Å². The average molecular weight is 259 g/mol. The lowest BCUT2D eigenvalue weighted by Gasteiger charge is -2.08. The summed E-state index contributed by atoms with van der Waals surface area (Å²) in [6, 6.07) is 13.2. The van der Waals surface area contributed by atoms with Gasteiger partial charge in [-0.3, -0.25) is 0 Å². The van der Waals surface area contributed by atoms with Crippen LogP contribution < -0.4 is 0 Å². The van der Waals surface area contributed by atoms with Gasteiger partial charge < -0.3 is 10.1 Å². The van der Waals surface area contributed by atoms with E-state index in [1.807, 2.05) is 42.5 Å². The lowest BCUT2D eigenvalue weighted by molar-refractivity contribution is 0.216. The predicted molar refractivity (Wildman–Crippen MR) is 71.6 cm³/mol. The molecule has 1 aromatic carbocycles.